The van der Waals surface area contributed by atoms with Crippen LogP contribution in [0.4, 0.5) is 0 Å². The maximum atomic E-state index is 12.8. The number of aliphatic imine (C=N–C) groups is 1. The van der Waals surface area contributed by atoms with E-state index in [1.54, 1.807) is 13.2 Å². The third-order valence-electron chi connectivity index (χ3n) is 5.91. The normalized spacial score (nSPS) is 16.7. The van der Waals surface area contributed by atoms with Crippen molar-refractivity contribution in [2.24, 2.45) is 9.39 Å². The van der Waals surface area contributed by atoms with Crippen molar-refractivity contribution >= 4 is 60.8 Å². The van der Waals surface area contributed by atoms with Crippen LogP contribution in [0.1, 0.15) is 12.5 Å². The van der Waals surface area contributed by atoms with Gasteiger partial charge >= 0.3 is 0 Å². The number of fused-ring (bicyclic) bond motifs is 2. The summed E-state index contributed by atoms with van der Waals surface area (Å²) in [5.41, 5.74) is 1.61. The molecule has 0 atom stereocenters. The summed E-state index contributed by atoms with van der Waals surface area (Å²) >= 11 is 0.779. The molecule has 5 rings (SSSR count). The van der Waals surface area contributed by atoms with Gasteiger partial charge in [-0.2, -0.15) is 9.39 Å². The van der Waals surface area contributed by atoms with Gasteiger partial charge in [0.25, 0.3) is 5.91 Å². The van der Waals surface area contributed by atoms with E-state index in [0.29, 0.717) is 30.2 Å². The monoisotopic (exact) mass is 537 g/mol. The molecule has 1 N–H and O–H groups in total. The molecule has 1 aromatic heterocycles. The van der Waals surface area contributed by atoms with Gasteiger partial charge in [0.15, 0.2) is 0 Å². The van der Waals surface area contributed by atoms with Gasteiger partial charge in [0.2, 0.25) is 20.2 Å². The Hall–Kier alpha value is -3.90. The number of carbonyl (C=O) groups is 1. The smallest absolute Gasteiger partial charge is 0.283 e. The van der Waals surface area contributed by atoms with E-state index in [4.69, 9.17) is 14.9 Å². The van der Waals surface area contributed by atoms with Crippen molar-refractivity contribution in [3.05, 3.63) is 65.9 Å². The number of nitrogens with one attached hydrogen (secondary N) is 1. The fraction of sp³-hybridized carbons (Fsp3) is 0.200. The Morgan fingerprint density at radius 1 is 1.14 bits per heavy atom. The molecule has 0 unspecified atom stereocenters. The van der Waals surface area contributed by atoms with E-state index in [-0.39, 0.29) is 27.5 Å². The highest BCUT2D eigenvalue weighted by molar-refractivity contribution is 8.16. The summed E-state index contributed by atoms with van der Waals surface area (Å²) in [5, 5.41) is 9.31. The first-order valence-electron chi connectivity index (χ1n) is 11.4. The highest BCUT2D eigenvalue weighted by Gasteiger charge is 2.42. The van der Waals surface area contributed by atoms with Gasteiger partial charge in [0, 0.05) is 28.7 Å². The van der Waals surface area contributed by atoms with Gasteiger partial charge in [-0.3, -0.25) is 10.2 Å². The number of aromatic nitrogens is 1. The number of methoxy groups -OCH3 is 1. The van der Waals surface area contributed by atoms with Crippen LogP contribution in [-0.4, -0.2) is 59.4 Å². The Morgan fingerprint density at radius 2 is 1.92 bits per heavy atom. The third kappa shape index (κ3) is 4.65. The van der Waals surface area contributed by atoms with Crippen molar-refractivity contribution in [2.45, 2.75) is 13.5 Å². The standard InChI is InChI=1S/C25H23N5O5S2/c1-3-37(32,33)25-28-36-24-27-23(31)20(22(26)30(24)25)13-16-15-29(21-10-5-4-9-19(16)21)11-12-35-18-8-6-7-17(14-18)34-2/h4-10,13-15,26H,3,11-12H2,1-2H3/b20-13-,26-22?. The molecule has 0 aliphatic carbocycles. The Balaban J connectivity index is 1.44. The molecule has 0 spiro atoms. The molecule has 2 aromatic carbocycles. The molecule has 2 aliphatic rings. The SMILES string of the molecule is CCS(=O)(=O)C1=NSC2=NC(=O)/C(=C\c3cn(CCOc4cccc(OC)c4)c4ccccc34)C(=N)N21. The number of nitrogens with zero attached hydrogens (tertiary/aromatic N) is 4. The van der Waals surface area contributed by atoms with Gasteiger partial charge in [-0.25, -0.2) is 13.3 Å². The fourth-order valence-electron chi connectivity index (χ4n) is 4.01. The molecule has 12 heteroatoms. The van der Waals surface area contributed by atoms with E-state index >= 15 is 0 Å². The number of hydrogen-bond acceptors (Lipinski definition) is 8. The number of hydrogen-bond donors (Lipinski definition) is 1. The first kappa shape index (κ1) is 24.8. The number of benzene rings is 2. The molecular weight excluding hydrogens is 514 g/mol. The summed E-state index contributed by atoms with van der Waals surface area (Å²) in [4.78, 5) is 17.9. The van der Waals surface area contributed by atoms with Crippen molar-refractivity contribution in [1.29, 1.82) is 5.41 Å². The molecule has 3 heterocycles. The number of ether oxygens (including phenoxy) is 2. The molecule has 1 amide bonds. The zero-order valence-corrected chi connectivity index (χ0v) is 21.7. The molecular formula is C25H23N5O5S2. The Bertz CT molecular complexity index is 1620. The summed E-state index contributed by atoms with van der Waals surface area (Å²) < 4.78 is 42.1. The summed E-state index contributed by atoms with van der Waals surface area (Å²) in [6.45, 7) is 2.42. The summed E-state index contributed by atoms with van der Waals surface area (Å²) in [5.74, 6) is 0.332. The third-order valence-corrected chi connectivity index (χ3v) is 8.32. The summed E-state index contributed by atoms with van der Waals surface area (Å²) in [6, 6.07) is 15.1. The number of carbonyl (C=O) groups excluding carboxylic acids is 1. The first-order valence-corrected chi connectivity index (χ1v) is 13.8. The number of amides is 1. The molecule has 3 aromatic rings. The molecule has 0 saturated heterocycles. The molecule has 10 nitrogen and oxygen atoms in total. The molecule has 0 bridgehead atoms. The number of rotatable bonds is 7. The predicted molar refractivity (Wildman–Crippen MR) is 145 cm³/mol. The Morgan fingerprint density at radius 3 is 2.70 bits per heavy atom. The van der Waals surface area contributed by atoms with Gasteiger partial charge in [0.05, 0.1) is 36.9 Å². The topological polar surface area (TPSA) is 126 Å². The van der Waals surface area contributed by atoms with E-state index in [2.05, 4.69) is 9.39 Å². The van der Waals surface area contributed by atoms with Crippen LogP contribution < -0.4 is 9.47 Å². The fourth-order valence-corrected chi connectivity index (χ4v) is 5.97. The van der Waals surface area contributed by atoms with Crippen molar-refractivity contribution < 1.29 is 22.7 Å². The lowest BCUT2D eigenvalue weighted by atomic mass is 10.1. The minimum atomic E-state index is -3.71. The Labute approximate surface area is 217 Å². The Kier molecular flexibility index (Phi) is 6.61. The average molecular weight is 538 g/mol. The van der Waals surface area contributed by atoms with E-state index in [1.165, 1.54) is 6.92 Å². The maximum absolute atomic E-state index is 12.8. The minimum Gasteiger partial charge on any atom is -0.497 e. The molecule has 2 aliphatic heterocycles. The van der Waals surface area contributed by atoms with Crippen molar-refractivity contribution in [1.82, 2.24) is 9.47 Å². The summed E-state index contributed by atoms with van der Waals surface area (Å²) in [6.07, 6.45) is 3.45. The predicted octanol–water partition coefficient (Wildman–Crippen LogP) is 3.74. The van der Waals surface area contributed by atoms with Crippen LogP contribution in [0.25, 0.3) is 17.0 Å². The number of sulfone groups is 1. The quantitative estimate of drug-likeness (QED) is 0.359. The van der Waals surface area contributed by atoms with E-state index in [1.807, 2.05) is 59.3 Å². The largest absolute Gasteiger partial charge is 0.497 e. The van der Waals surface area contributed by atoms with Gasteiger partial charge < -0.3 is 14.0 Å². The number of para-hydroxylation sites is 1. The highest BCUT2D eigenvalue weighted by Crippen LogP contribution is 2.31. The van der Waals surface area contributed by atoms with Crippen LogP contribution in [-0.2, 0) is 21.2 Å². The second-order valence-electron chi connectivity index (χ2n) is 8.13. The number of amidine groups is 3. The minimum absolute atomic E-state index is 0.0132. The highest BCUT2D eigenvalue weighted by atomic mass is 32.2. The lowest BCUT2D eigenvalue weighted by Crippen LogP contribution is -2.45. The zero-order chi connectivity index (χ0) is 26.2. The zero-order valence-electron chi connectivity index (χ0n) is 20.0. The van der Waals surface area contributed by atoms with E-state index in [9.17, 15) is 13.2 Å². The second kappa shape index (κ2) is 9.87. The molecule has 0 saturated carbocycles. The average Bonchev–Trinajstić information content (AvgIpc) is 3.49. The van der Waals surface area contributed by atoms with Gasteiger partial charge in [0.1, 0.15) is 23.9 Å². The van der Waals surface area contributed by atoms with Crippen LogP contribution in [0.3, 0.4) is 0 Å². The summed E-state index contributed by atoms with van der Waals surface area (Å²) in [7, 11) is -2.11. The molecule has 0 fully saturated rings. The maximum Gasteiger partial charge on any atom is 0.283 e. The molecule has 0 radical (unpaired) electrons. The van der Waals surface area contributed by atoms with Crippen LogP contribution >= 0.6 is 11.9 Å². The first-order chi connectivity index (χ1) is 17.8. The lowest BCUT2D eigenvalue weighted by Gasteiger charge is -2.24. The van der Waals surface area contributed by atoms with Crippen LogP contribution in [0, 0.1) is 5.41 Å². The van der Waals surface area contributed by atoms with Crippen LogP contribution in [0.2, 0.25) is 0 Å². The molecule has 190 valence electrons. The van der Waals surface area contributed by atoms with Crippen LogP contribution in [0.5, 0.6) is 11.5 Å². The van der Waals surface area contributed by atoms with E-state index in [0.717, 1.165) is 27.8 Å². The van der Waals surface area contributed by atoms with Crippen LogP contribution in [0.15, 0.2) is 69.7 Å². The molecule has 37 heavy (non-hydrogen) atoms. The van der Waals surface area contributed by atoms with Crippen molar-refractivity contribution in [3.63, 3.8) is 0 Å². The van der Waals surface area contributed by atoms with Gasteiger partial charge in [-0.15, -0.1) is 0 Å². The second-order valence-corrected chi connectivity index (χ2v) is 11.0. The van der Waals surface area contributed by atoms with Crippen molar-refractivity contribution in [2.75, 3.05) is 19.5 Å². The lowest BCUT2D eigenvalue weighted by molar-refractivity contribution is -0.114. The van der Waals surface area contributed by atoms with Gasteiger partial charge in [-0.1, -0.05) is 31.2 Å². The van der Waals surface area contributed by atoms with Crippen molar-refractivity contribution in [3.8, 4) is 11.5 Å². The van der Waals surface area contributed by atoms with E-state index < -0.39 is 15.7 Å². The van der Waals surface area contributed by atoms with Gasteiger partial charge in [-0.05, 0) is 24.3 Å².